The third kappa shape index (κ3) is 3.66. The maximum absolute atomic E-state index is 13.3. The molecule has 142 valence electrons. The molecule has 0 spiro atoms. The molecule has 1 aliphatic rings. The lowest BCUT2D eigenvalue weighted by atomic mass is 10.0. The summed E-state index contributed by atoms with van der Waals surface area (Å²) < 4.78 is 27.9. The van der Waals surface area contributed by atoms with Gasteiger partial charge in [-0.05, 0) is 24.6 Å². The number of carbonyl (C=O) groups excluding carboxylic acids is 1. The van der Waals surface area contributed by atoms with Gasteiger partial charge in [0.2, 0.25) is 10.0 Å². The van der Waals surface area contributed by atoms with Crippen molar-refractivity contribution in [2.75, 3.05) is 20.7 Å². The van der Waals surface area contributed by atoms with E-state index in [-0.39, 0.29) is 17.3 Å². The van der Waals surface area contributed by atoms with Crippen LogP contribution in [-0.2, 0) is 19.7 Å². The number of sulfonamides is 1. The monoisotopic (exact) mass is 386 g/mol. The standard InChI is InChI=1S/C20H22N2O4S/c1-15-9-11-17(12-10-15)27(24,25)22-14-13-18(20(23)21(2)26-3)19(22)16-7-5-4-6-8-16/h4-13,19H,14H2,1-3H3. The van der Waals surface area contributed by atoms with Gasteiger partial charge in [-0.2, -0.15) is 4.31 Å². The van der Waals surface area contributed by atoms with Gasteiger partial charge in [-0.3, -0.25) is 9.63 Å². The number of hydrogen-bond donors (Lipinski definition) is 0. The molecule has 6 nitrogen and oxygen atoms in total. The largest absolute Gasteiger partial charge is 0.274 e. The van der Waals surface area contributed by atoms with Gasteiger partial charge in [-0.1, -0.05) is 54.1 Å². The first-order valence-corrected chi connectivity index (χ1v) is 9.96. The van der Waals surface area contributed by atoms with E-state index in [4.69, 9.17) is 4.84 Å². The third-order valence-electron chi connectivity index (χ3n) is 4.62. The van der Waals surface area contributed by atoms with Crippen molar-refractivity contribution in [3.63, 3.8) is 0 Å². The van der Waals surface area contributed by atoms with Gasteiger partial charge < -0.3 is 0 Å². The van der Waals surface area contributed by atoms with Crippen molar-refractivity contribution in [3.05, 3.63) is 77.4 Å². The third-order valence-corrected chi connectivity index (χ3v) is 6.47. The summed E-state index contributed by atoms with van der Waals surface area (Å²) in [5.74, 6) is -0.368. The van der Waals surface area contributed by atoms with E-state index < -0.39 is 16.1 Å². The molecule has 1 amide bonds. The van der Waals surface area contributed by atoms with Crippen LogP contribution in [0.1, 0.15) is 17.2 Å². The second kappa shape index (κ2) is 7.64. The van der Waals surface area contributed by atoms with Crippen LogP contribution in [0.4, 0.5) is 0 Å². The zero-order chi connectivity index (χ0) is 19.6. The van der Waals surface area contributed by atoms with E-state index in [1.807, 2.05) is 37.3 Å². The average molecular weight is 386 g/mol. The molecule has 2 aromatic carbocycles. The second-order valence-electron chi connectivity index (χ2n) is 6.35. The minimum atomic E-state index is -3.78. The number of amides is 1. The molecule has 0 bridgehead atoms. The van der Waals surface area contributed by atoms with Crippen molar-refractivity contribution in [1.29, 1.82) is 0 Å². The molecule has 1 unspecified atom stereocenters. The Kier molecular flexibility index (Phi) is 5.46. The van der Waals surface area contributed by atoms with Crippen LogP contribution in [0.2, 0.25) is 0 Å². The molecule has 2 aromatic rings. The number of nitrogens with zero attached hydrogens (tertiary/aromatic N) is 2. The van der Waals surface area contributed by atoms with Gasteiger partial charge in [0.1, 0.15) is 0 Å². The zero-order valence-corrected chi connectivity index (χ0v) is 16.3. The van der Waals surface area contributed by atoms with Crippen LogP contribution in [0, 0.1) is 6.92 Å². The van der Waals surface area contributed by atoms with Crippen molar-refractivity contribution in [2.24, 2.45) is 0 Å². The smallest absolute Gasteiger partial charge is 0.274 e. The number of rotatable bonds is 5. The fourth-order valence-corrected chi connectivity index (χ4v) is 4.63. The summed E-state index contributed by atoms with van der Waals surface area (Å²) in [6.45, 7) is 2.02. The van der Waals surface area contributed by atoms with Crippen LogP contribution in [0.3, 0.4) is 0 Å². The Bertz CT molecular complexity index is 953. The van der Waals surface area contributed by atoms with Gasteiger partial charge in [-0.15, -0.1) is 0 Å². The SMILES string of the molecule is CON(C)C(=O)C1=CCN(S(=O)(=O)c2ccc(C)cc2)C1c1ccccc1. The molecule has 1 atom stereocenters. The van der Waals surface area contributed by atoms with Crippen molar-refractivity contribution in [3.8, 4) is 0 Å². The maximum atomic E-state index is 13.3. The molecule has 0 N–H and O–H groups in total. The summed E-state index contributed by atoms with van der Waals surface area (Å²) in [6, 6.07) is 15.1. The van der Waals surface area contributed by atoms with E-state index in [2.05, 4.69) is 0 Å². The normalized spacial score (nSPS) is 17.6. The summed E-state index contributed by atoms with van der Waals surface area (Å²) in [4.78, 5) is 17.9. The van der Waals surface area contributed by atoms with Gasteiger partial charge in [0, 0.05) is 19.2 Å². The molecule has 0 radical (unpaired) electrons. The fourth-order valence-electron chi connectivity index (χ4n) is 3.09. The lowest BCUT2D eigenvalue weighted by Gasteiger charge is -2.27. The molecule has 1 heterocycles. The highest BCUT2D eigenvalue weighted by molar-refractivity contribution is 7.89. The maximum Gasteiger partial charge on any atom is 0.274 e. The summed E-state index contributed by atoms with van der Waals surface area (Å²) in [7, 11) is -0.885. The Morgan fingerprint density at radius 2 is 1.74 bits per heavy atom. The predicted molar refractivity (Wildman–Crippen MR) is 102 cm³/mol. The fraction of sp³-hybridized carbons (Fsp3) is 0.250. The van der Waals surface area contributed by atoms with E-state index in [1.54, 1.807) is 30.3 Å². The first-order chi connectivity index (χ1) is 12.9. The molecule has 27 heavy (non-hydrogen) atoms. The summed E-state index contributed by atoms with van der Waals surface area (Å²) in [5.41, 5.74) is 2.08. The van der Waals surface area contributed by atoms with Crippen molar-refractivity contribution in [1.82, 2.24) is 9.37 Å². The number of hydroxylamine groups is 2. The van der Waals surface area contributed by atoms with Crippen LogP contribution in [0.5, 0.6) is 0 Å². The molecule has 1 aliphatic heterocycles. The van der Waals surface area contributed by atoms with Crippen molar-refractivity contribution in [2.45, 2.75) is 17.9 Å². The zero-order valence-electron chi connectivity index (χ0n) is 15.5. The lowest BCUT2D eigenvalue weighted by molar-refractivity contribution is -0.164. The topological polar surface area (TPSA) is 66.9 Å². The van der Waals surface area contributed by atoms with Crippen LogP contribution < -0.4 is 0 Å². The van der Waals surface area contributed by atoms with Gasteiger partial charge in [0.05, 0.1) is 18.0 Å². The van der Waals surface area contributed by atoms with Crippen molar-refractivity contribution >= 4 is 15.9 Å². The van der Waals surface area contributed by atoms with Crippen molar-refractivity contribution < 1.29 is 18.0 Å². The summed E-state index contributed by atoms with van der Waals surface area (Å²) in [5, 5.41) is 1.10. The Hall–Kier alpha value is -2.48. The minimum absolute atomic E-state index is 0.119. The van der Waals surface area contributed by atoms with E-state index in [1.165, 1.54) is 18.5 Å². The molecular weight excluding hydrogens is 364 g/mol. The van der Waals surface area contributed by atoms with E-state index >= 15 is 0 Å². The van der Waals surface area contributed by atoms with Crippen LogP contribution in [0.25, 0.3) is 0 Å². The Balaban J connectivity index is 2.05. The summed E-state index contributed by atoms with van der Waals surface area (Å²) in [6.07, 6.45) is 1.65. The first kappa shape index (κ1) is 19.3. The average Bonchev–Trinajstić information content (AvgIpc) is 3.13. The van der Waals surface area contributed by atoms with Crippen LogP contribution in [-0.4, -0.2) is 44.4 Å². The molecule has 0 saturated heterocycles. The Morgan fingerprint density at radius 1 is 1.11 bits per heavy atom. The Labute approximate surface area is 159 Å². The molecule has 0 saturated carbocycles. The molecule has 0 aliphatic carbocycles. The lowest BCUT2D eigenvalue weighted by Crippen LogP contribution is -2.35. The first-order valence-electron chi connectivity index (χ1n) is 8.52. The number of benzene rings is 2. The molecule has 7 heteroatoms. The second-order valence-corrected chi connectivity index (χ2v) is 8.24. The van der Waals surface area contributed by atoms with E-state index in [9.17, 15) is 13.2 Å². The van der Waals surface area contributed by atoms with Gasteiger partial charge >= 0.3 is 0 Å². The number of hydrogen-bond acceptors (Lipinski definition) is 4. The van der Waals surface area contributed by atoms with Crippen LogP contribution in [0.15, 0.2) is 71.1 Å². The highest BCUT2D eigenvalue weighted by Gasteiger charge is 2.41. The van der Waals surface area contributed by atoms with E-state index in [0.29, 0.717) is 5.57 Å². The quantitative estimate of drug-likeness (QED) is 0.741. The highest BCUT2D eigenvalue weighted by atomic mass is 32.2. The predicted octanol–water partition coefficient (Wildman–Crippen LogP) is 2.69. The highest BCUT2D eigenvalue weighted by Crippen LogP contribution is 2.38. The number of likely N-dealkylation sites (N-methyl/N-ethyl adjacent to an activating group) is 1. The minimum Gasteiger partial charge on any atom is -0.274 e. The molecule has 0 aromatic heterocycles. The van der Waals surface area contributed by atoms with E-state index in [0.717, 1.165) is 16.2 Å². The molecular formula is C20H22N2O4S. The van der Waals surface area contributed by atoms with Crippen LogP contribution >= 0.6 is 0 Å². The Morgan fingerprint density at radius 3 is 2.33 bits per heavy atom. The van der Waals surface area contributed by atoms with Gasteiger partial charge in [0.15, 0.2) is 0 Å². The molecule has 0 fully saturated rings. The van der Waals surface area contributed by atoms with Gasteiger partial charge in [-0.25, -0.2) is 13.5 Å². The number of carbonyl (C=O) groups is 1. The molecule has 3 rings (SSSR count). The van der Waals surface area contributed by atoms with Gasteiger partial charge in [0.25, 0.3) is 5.91 Å². The summed E-state index contributed by atoms with van der Waals surface area (Å²) >= 11 is 0. The number of aryl methyl sites for hydroxylation is 1.